The number of aliphatic hydroxyl groups is 1. The maximum absolute atomic E-state index is 13.2. The van der Waals surface area contributed by atoms with Gasteiger partial charge in [0, 0.05) is 17.3 Å². The Hall–Kier alpha value is -0.570. The lowest BCUT2D eigenvalue weighted by atomic mass is 9.30. The predicted molar refractivity (Wildman–Crippen MR) is 206 cm³/mol. The number of esters is 1. The summed E-state index contributed by atoms with van der Waals surface area (Å²) < 4.78 is 6.40. The zero-order valence-electron chi connectivity index (χ0n) is 34.3. The van der Waals surface area contributed by atoms with Gasteiger partial charge in [0.1, 0.15) is 6.10 Å². The van der Waals surface area contributed by atoms with E-state index in [2.05, 4.69) is 62.3 Å². The molecule has 5 rings (SSSR count). The minimum Gasteiger partial charge on any atom is -0.462 e. The van der Waals surface area contributed by atoms with Crippen LogP contribution >= 0.6 is 0 Å². The summed E-state index contributed by atoms with van der Waals surface area (Å²) in [6.07, 6.45) is 30.7. The van der Waals surface area contributed by atoms with Gasteiger partial charge < -0.3 is 9.84 Å². The minimum absolute atomic E-state index is 0.0207. The highest BCUT2D eigenvalue weighted by Gasteiger charge is 2.74. The molecule has 5 saturated carbocycles. The van der Waals surface area contributed by atoms with Crippen LogP contribution in [0.25, 0.3) is 0 Å². The molecule has 0 amide bonds. The standard InChI is InChI=1S/C46H82O3/c1-10-11-12-13-14-15-16-17-18-19-20-21-22-23-39(47)49-38-26-27-43(7)35(41(38,4)5)24-28-44(8)36(43)25-29-46(48)37-34-40(2,3)30-31-42(37,6)32-33-45(44,46)9/h35-38,48H,10-34H2,1-9H3/t35-,36+,37+,38-,42+,43-,44+,45-,46-/m0/s1. The Bertz CT molecular complexity index is 1110. The molecule has 5 fully saturated rings. The van der Waals surface area contributed by atoms with Gasteiger partial charge >= 0.3 is 5.97 Å². The number of rotatable bonds is 15. The third-order valence-electron chi connectivity index (χ3n) is 17.5. The van der Waals surface area contributed by atoms with Crippen molar-refractivity contribution in [1.82, 2.24) is 0 Å². The largest absolute Gasteiger partial charge is 0.462 e. The maximum atomic E-state index is 13.2. The minimum atomic E-state index is -0.568. The molecule has 284 valence electrons. The van der Waals surface area contributed by atoms with Crippen molar-refractivity contribution in [3.8, 4) is 0 Å². The molecule has 0 spiro atoms. The molecular weight excluding hydrogens is 601 g/mol. The summed E-state index contributed by atoms with van der Waals surface area (Å²) >= 11 is 0. The number of hydrogen-bond acceptors (Lipinski definition) is 3. The average Bonchev–Trinajstić information content (AvgIpc) is 3.03. The number of carbonyl (C=O) groups excluding carboxylic acids is 1. The van der Waals surface area contributed by atoms with Gasteiger partial charge in [-0.05, 0) is 116 Å². The number of fused-ring (bicyclic) bond motifs is 7. The van der Waals surface area contributed by atoms with Crippen LogP contribution < -0.4 is 0 Å². The number of unbranched alkanes of at least 4 members (excludes halogenated alkanes) is 12. The van der Waals surface area contributed by atoms with Crippen LogP contribution in [0.15, 0.2) is 0 Å². The highest BCUT2D eigenvalue weighted by molar-refractivity contribution is 5.69. The van der Waals surface area contributed by atoms with Crippen LogP contribution in [0.1, 0.15) is 223 Å². The lowest BCUT2D eigenvalue weighted by molar-refractivity contribution is -0.313. The third kappa shape index (κ3) is 7.35. The van der Waals surface area contributed by atoms with E-state index in [0.29, 0.717) is 29.6 Å². The second kappa shape index (κ2) is 15.0. The first-order valence-corrected chi connectivity index (χ1v) is 21.9. The molecule has 0 bridgehead atoms. The fourth-order valence-electron chi connectivity index (χ4n) is 14.0. The van der Waals surface area contributed by atoms with Crippen molar-refractivity contribution in [2.24, 2.45) is 50.2 Å². The smallest absolute Gasteiger partial charge is 0.306 e. The second-order valence-corrected chi connectivity index (χ2v) is 21.3. The molecule has 3 heteroatoms. The van der Waals surface area contributed by atoms with Crippen LogP contribution in [0.2, 0.25) is 0 Å². The van der Waals surface area contributed by atoms with E-state index in [9.17, 15) is 9.90 Å². The molecule has 49 heavy (non-hydrogen) atoms. The van der Waals surface area contributed by atoms with E-state index in [4.69, 9.17) is 4.74 Å². The normalized spacial score (nSPS) is 42.3. The van der Waals surface area contributed by atoms with E-state index in [0.717, 1.165) is 38.5 Å². The molecule has 5 aliphatic carbocycles. The summed E-state index contributed by atoms with van der Waals surface area (Å²) in [6, 6.07) is 0. The fourth-order valence-corrected chi connectivity index (χ4v) is 14.0. The third-order valence-corrected chi connectivity index (χ3v) is 17.5. The van der Waals surface area contributed by atoms with Crippen molar-refractivity contribution in [3.63, 3.8) is 0 Å². The van der Waals surface area contributed by atoms with Crippen molar-refractivity contribution >= 4 is 5.97 Å². The van der Waals surface area contributed by atoms with Gasteiger partial charge in [-0.15, -0.1) is 0 Å². The molecule has 0 unspecified atom stereocenters. The van der Waals surface area contributed by atoms with Crippen molar-refractivity contribution in [1.29, 1.82) is 0 Å². The molecule has 0 radical (unpaired) electrons. The number of carbonyl (C=O) groups is 1. The average molecular weight is 683 g/mol. The number of ether oxygens (including phenoxy) is 1. The summed E-state index contributed by atoms with van der Waals surface area (Å²) in [5, 5.41) is 13.1. The molecule has 0 aliphatic heterocycles. The van der Waals surface area contributed by atoms with Gasteiger partial charge in [-0.25, -0.2) is 0 Å². The zero-order valence-corrected chi connectivity index (χ0v) is 34.3. The van der Waals surface area contributed by atoms with Crippen molar-refractivity contribution in [2.45, 2.75) is 235 Å². The molecule has 0 aromatic heterocycles. The summed E-state index contributed by atoms with van der Waals surface area (Å²) in [7, 11) is 0. The summed E-state index contributed by atoms with van der Waals surface area (Å²) in [5.41, 5.74) is 0.343. The Balaban J connectivity index is 1.13. The van der Waals surface area contributed by atoms with Gasteiger partial charge in [-0.3, -0.25) is 4.79 Å². The van der Waals surface area contributed by atoms with E-state index >= 15 is 0 Å². The highest BCUT2D eigenvalue weighted by Crippen LogP contribution is 2.78. The molecule has 0 saturated heterocycles. The Morgan fingerprint density at radius 1 is 0.612 bits per heavy atom. The van der Waals surface area contributed by atoms with Crippen molar-refractivity contribution < 1.29 is 14.6 Å². The Morgan fingerprint density at radius 2 is 1.16 bits per heavy atom. The van der Waals surface area contributed by atoms with E-state index in [1.165, 1.54) is 116 Å². The van der Waals surface area contributed by atoms with Crippen molar-refractivity contribution in [2.75, 3.05) is 0 Å². The van der Waals surface area contributed by atoms with Gasteiger partial charge in [-0.2, -0.15) is 0 Å². The summed E-state index contributed by atoms with van der Waals surface area (Å²) in [5.74, 6) is 1.62. The topological polar surface area (TPSA) is 46.5 Å². The quantitative estimate of drug-likeness (QED) is 0.138. The molecule has 3 nitrogen and oxygen atoms in total. The maximum Gasteiger partial charge on any atom is 0.306 e. The molecule has 0 aromatic carbocycles. The van der Waals surface area contributed by atoms with Crippen LogP contribution in [0.4, 0.5) is 0 Å². The molecular formula is C46H82O3. The van der Waals surface area contributed by atoms with Crippen LogP contribution in [0.3, 0.4) is 0 Å². The Kier molecular flexibility index (Phi) is 12.2. The fraction of sp³-hybridized carbons (Fsp3) is 0.978. The van der Waals surface area contributed by atoms with Crippen LogP contribution in [0.5, 0.6) is 0 Å². The van der Waals surface area contributed by atoms with Crippen molar-refractivity contribution in [3.05, 3.63) is 0 Å². The van der Waals surface area contributed by atoms with Crippen LogP contribution in [0, 0.1) is 50.2 Å². The van der Waals surface area contributed by atoms with Gasteiger partial charge in [0.25, 0.3) is 0 Å². The second-order valence-electron chi connectivity index (χ2n) is 21.3. The number of hydrogen-bond donors (Lipinski definition) is 1. The van der Waals surface area contributed by atoms with Crippen LogP contribution in [-0.4, -0.2) is 22.8 Å². The summed E-state index contributed by atoms with van der Waals surface area (Å²) in [4.78, 5) is 13.2. The first kappa shape index (κ1) is 39.6. The Labute approximate surface area is 304 Å². The Morgan fingerprint density at radius 3 is 1.78 bits per heavy atom. The van der Waals surface area contributed by atoms with Gasteiger partial charge in [-0.1, -0.05) is 139 Å². The first-order chi connectivity index (χ1) is 23.0. The molecule has 0 aromatic rings. The van der Waals surface area contributed by atoms with Crippen LogP contribution in [-0.2, 0) is 9.53 Å². The lowest BCUT2D eigenvalue weighted by Crippen LogP contribution is -2.73. The van der Waals surface area contributed by atoms with Gasteiger partial charge in [0.05, 0.1) is 5.60 Å². The molecule has 9 atom stereocenters. The molecule has 0 heterocycles. The molecule has 1 N–H and O–H groups in total. The van der Waals surface area contributed by atoms with E-state index in [1.54, 1.807) is 0 Å². The lowest BCUT2D eigenvalue weighted by Gasteiger charge is -2.76. The summed E-state index contributed by atoms with van der Waals surface area (Å²) in [6.45, 7) is 22.4. The molecule has 5 aliphatic rings. The van der Waals surface area contributed by atoms with E-state index in [1.807, 2.05) is 0 Å². The first-order valence-electron chi connectivity index (χ1n) is 21.9. The highest BCUT2D eigenvalue weighted by atomic mass is 16.5. The van der Waals surface area contributed by atoms with Gasteiger partial charge in [0.2, 0.25) is 0 Å². The monoisotopic (exact) mass is 683 g/mol. The predicted octanol–water partition coefficient (Wildman–Crippen LogP) is 13.4. The van der Waals surface area contributed by atoms with Gasteiger partial charge in [0.15, 0.2) is 0 Å². The van der Waals surface area contributed by atoms with E-state index < -0.39 is 5.60 Å². The van der Waals surface area contributed by atoms with E-state index in [-0.39, 0.29) is 39.1 Å². The zero-order chi connectivity index (χ0) is 35.8. The SMILES string of the molecule is CCCCCCCCCCCCCCCC(=O)O[C@H]1CC[C@]2(C)[C@H]3CC[C@]4(O)[C@@H]5CC(C)(C)CC[C@]5(C)CC[C@@]4(C)[C@]3(C)CC[C@H]2C1(C)C.